The van der Waals surface area contributed by atoms with E-state index in [1.807, 2.05) is 0 Å². The third-order valence-electron chi connectivity index (χ3n) is 1.76. The van der Waals surface area contributed by atoms with Gasteiger partial charge in [0.15, 0.2) is 5.82 Å². The average molecular weight is 199 g/mol. The van der Waals surface area contributed by atoms with Crippen molar-refractivity contribution in [2.45, 2.75) is 0 Å². The van der Waals surface area contributed by atoms with Crippen LogP contribution in [0.4, 0.5) is 10.6 Å². The highest BCUT2D eigenvalue weighted by Crippen LogP contribution is 2.24. The molecule has 1 aliphatic heterocycles. The van der Waals surface area contributed by atoms with Gasteiger partial charge in [-0.2, -0.15) is 0 Å². The molecule has 0 unspecified atom stereocenters. The van der Waals surface area contributed by atoms with Crippen LogP contribution in [0.3, 0.4) is 0 Å². The summed E-state index contributed by atoms with van der Waals surface area (Å²) in [5, 5.41) is 0.460. The third kappa shape index (κ3) is 1.45. The largest absolute Gasteiger partial charge is 0.447 e. The maximum Gasteiger partial charge on any atom is 0.415 e. The van der Waals surface area contributed by atoms with Crippen molar-refractivity contribution in [3.63, 3.8) is 0 Å². The topological polar surface area (TPSA) is 42.4 Å². The Bertz CT molecular complexity index is 343. The number of hydrogen-bond donors (Lipinski definition) is 0. The summed E-state index contributed by atoms with van der Waals surface area (Å²) in [5.74, 6) is 0.465. The fraction of sp³-hybridized carbons (Fsp3) is 0.250. The summed E-state index contributed by atoms with van der Waals surface area (Å²) in [5.41, 5.74) is 0. The average Bonchev–Trinajstić information content (AvgIpc) is 2.52. The number of rotatable bonds is 1. The van der Waals surface area contributed by atoms with E-state index in [1.54, 1.807) is 18.3 Å². The molecular weight excluding hydrogens is 192 g/mol. The first-order valence-electron chi connectivity index (χ1n) is 3.84. The number of cyclic esters (lactones) is 1. The van der Waals surface area contributed by atoms with Gasteiger partial charge in [0, 0.05) is 6.20 Å². The lowest BCUT2D eigenvalue weighted by Crippen LogP contribution is -2.24. The highest BCUT2D eigenvalue weighted by Gasteiger charge is 2.26. The summed E-state index contributed by atoms with van der Waals surface area (Å²) < 4.78 is 4.76. The third-order valence-corrected chi connectivity index (χ3v) is 2.05. The first-order chi connectivity index (χ1) is 6.29. The van der Waals surface area contributed by atoms with E-state index in [9.17, 15) is 4.79 Å². The van der Waals surface area contributed by atoms with Gasteiger partial charge in [0.25, 0.3) is 0 Å². The number of halogens is 1. The van der Waals surface area contributed by atoms with E-state index in [0.717, 1.165) is 0 Å². The van der Waals surface area contributed by atoms with Crippen LogP contribution < -0.4 is 4.90 Å². The first-order valence-corrected chi connectivity index (χ1v) is 4.21. The Kier molecular flexibility index (Phi) is 2.06. The van der Waals surface area contributed by atoms with Crippen LogP contribution in [-0.2, 0) is 4.74 Å². The van der Waals surface area contributed by atoms with Crippen molar-refractivity contribution in [3.05, 3.63) is 23.4 Å². The SMILES string of the molecule is O=C1OCCN1c1ncccc1Cl. The molecule has 1 saturated heterocycles. The fourth-order valence-corrected chi connectivity index (χ4v) is 1.39. The standard InChI is InChI=1S/C8H7ClN2O2/c9-6-2-1-3-10-7(6)11-4-5-13-8(11)12/h1-3H,4-5H2. The molecule has 0 atom stereocenters. The normalized spacial score (nSPS) is 16.1. The van der Waals surface area contributed by atoms with Crippen LogP contribution in [0.5, 0.6) is 0 Å². The molecule has 0 saturated carbocycles. The number of anilines is 1. The van der Waals surface area contributed by atoms with E-state index in [-0.39, 0.29) is 6.09 Å². The van der Waals surface area contributed by atoms with Crippen molar-refractivity contribution in [2.24, 2.45) is 0 Å². The van der Waals surface area contributed by atoms with E-state index in [0.29, 0.717) is 24.0 Å². The zero-order valence-electron chi connectivity index (χ0n) is 6.74. The number of amides is 1. The van der Waals surface area contributed by atoms with Crippen molar-refractivity contribution in [1.29, 1.82) is 0 Å². The zero-order valence-corrected chi connectivity index (χ0v) is 7.49. The molecule has 0 radical (unpaired) electrons. The lowest BCUT2D eigenvalue weighted by molar-refractivity contribution is 0.181. The molecule has 0 spiro atoms. The van der Waals surface area contributed by atoms with Gasteiger partial charge in [-0.25, -0.2) is 9.78 Å². The van der Waals surface area contributed by atoms with Crippen molar-refractivity contribution < 1.29 is 9.53 Å². The van der Waals surface area contributed by atoms with E-state index in [4.69, 9.17) is 16.3 Å². The second kappa shape index (κ2) is 3.22. The van der Waals surface area contributed by atoms with Gasteiger partial charge >= 0.3 is 6.09 Å². The molecule has 0 aromatic carbocycles. The molecule has 1 amide bonds. The van der Waals surface area contributed by atoms with E-state index in [1.165, 1.54) is 4.90 Å². The molecule has 0 bridgehead atoms. The minimum absolute atomic E-state index is 0.388. The van der Waals surface area contributed by atoms with Gasteiger partial charge in [0.1, 0.15) is 6.61 Å². The molecule has 1 aromatic heterocycles. The van der Waals surface area contributed by atoms with Crippen molar-refractivity contribution in [3.8, 4) is 0 Å². The summed E-state index contributed by atoms with van der Waals surface area (Å²) in [6.07, 6.45) is 1.20. The first kappa shape index (κ1) is 8.31. The number of pyridine rings is 1. The quantitative estimate of drug-likeness (QED) is 0.690. The molecule has 4 nitrogen and oxygen atoms in total. The number of carbonyl (C=O) groups is 1. The predicted octanol–water partition coefficient (Wildman–Crippen LogP) is 1.69. The van der Waals surface area contributed by atoms with E-state index >= 15 is 0 Å². The van der Waals surface area contributed by atoms with E-state index in [2.05, 4.69) is 4.98 Å². The molecule has 0 aliphatic carbocycles. The van der Waals surface area contributed by atoms with Crippen LogP contribution in [0.1, 0.15) is 0 Å². The second-order valence-electron chi connectivity index (χ2n) is 2.57. The van der Waals surface area contributed by atoms with Gasteiger partial charge in [-0.15, -0.1) is 0 Å². The van der Waals surface area contributed by atoms with Gasteiger partial charge in [0.2, 0.25) is 0 Å². The highest BCUT2D eigenvalue weighted by molar-refractivity contribution is 6.33. The maximum atomic E-state index is 11.1. The number of nitrogens with zero attached hydrogens (tertiary/aromatic N) is 2. The summed E-state index contributed by atoms with van der Waals surface area (Å²) in [6.45, 7) is 0.904. The molecule has 13 heavy (non-hydrogen) atoms. The Balaban J connectivity index is 2.34. The number of carbonyl (C=O) groups excluding carboxylic acids is 1. The monoisotopic (exact) mass is 198 g/mol. The lowest BCUT2D eigenvalue weighted by atomic mass is 10.4. The second-order valence-corrected chi connectivity index (χ2v) is 2.98. The number of hydrogen-bond acceptors (Lipinski definition) is 3. The Morgan fingerprint density at radius 2 is 2.46 bits per heavy atom. The van der Waals surface area contributed by atoms with Crippen molar-refractivity contribution in [1.82, 2.24) is 4.98 Å². The van der Waals surface area contributed by atoms with Gasteiger partial charge < -0.3 is 4.74 Å². The van der Waals surface area contributed by atoms with Crippen LogP contribution in [0.2, 0.25) is 5.02 Å². The summed E-state index contributed by atoms with van der Waals surface area (Å²) >= 11 is 5.86. The zero-order chi connectivity index (χ0) is 9.26. The molecule has 2 heterocycles. The predicted molar refractivity (Wildman–Crippen MR) is 47.9 cm³/mol. The van der Waals surface area contributed by atoms with Gasteiger partial charge in [-0.3, -0.25) is 4.90 Å². The van der Waals surface area contributed by atoms with Crippen LogP contribution in [0.15, 0.2) is 18.3 Å². The van der Waals surface area contributed by atoms with Gasteiger partial charge in [0.05, 0.1) is 11.6 Å². The number of aromatic nitrogens is 1. The minimum atomic E-state index is -0.388. The van der Waals surface area contributed by atoms with Crippen LogP contribution in [0.25, 0.3) is 0 Å². The number of ether oxygens (including phenoxy) is 1. The van der Waals surface area contributed by atoms with Crippen molar-refractivity contribution >= 4 is 23.5 Å². The fourth-order valence-electron chi connectivity index (χ4n) is 1.16. The highest BCUT2D eigenvalue weighted by atomic mass is 35.5. The molecular formula is C8H7ClN2O2. The van der Waals surface area contributed by atoms with Crippen LogP contribution in [0, 0.1) is 0 Å². The van der Waals surface area contributed by atoms with E-state index < -0.39 is 0 Å². The molecule has 68 valence electrons. The lowest BCUT2D eigenvalue weighted by Gasteiger charge is -2.11. The van der Waals surface area contributed by atoms with Gasteiger partial charge in [-0.05, 0) is 12.1 Å². The summed E-state index contributed by atoms with van der Waals surface area (Å²) in [4.78, 5) is 16.6. The molecule has 1 aromatic rings. The Morgan fingerprint density at radius 1 is 1.62 bits per heavy atom. The van der Waals surface area contributed by atoms with Crippen LogP contribution >= 0.6 is 11.6 Å². The Morgan fingerprint density at radius 3 is 3.08 bits per heavy atom. The van der Waals surface area contributed by atoms with Crippen LogP contribution in [-0.4, -0.2) is 24.2 Å². The molecule has 1 aliphatic rings. The minimum Gasteiger partial charge on any atom is -0.447 e. The molecule has 0 N–H and O–H groups in total. The molecule has 5 heteroatoms. The maximum absolute atomic E-state index is 11.1. The van der Waals surface area contributed by atoms with Crippen molar-refractivity contribution in [2.75, 3.05) is 18.1 Å². The summed E-state index contributed by atoms with van der Waals surface area (Å²) in [7, 11) is 0. The molecule has 1 fully saturated rings. The Hall–Kier alpha value is -1.29. The van der Waals surface area contributed by atoms with Gasteiger partial charge in [-0.1, -0.05) is 11.6 Å². The smallest absolute Gasteiger partial charge is 0.415 e. The molecule has 2 rings (SSSR count). The summed E-state index contributed by atoms with van der Waals surface area (Å²) in [6, 6.07) is 3.41. The Labute approximate surface area is 80.1 Å².